The lowest BCUT2D eigenvalue weighted by Crippen LogP contribution is -2.24. The lowest BCUT2D eigenvalue weighted by Gasteiger charge is -2.10. The number of rotatable bonds is 2. The fourth-order valence-electron chi connectivity index (χ4n) is 0.715. The first kappa shape index (κ1) is 10.4. The Kier molecular flexibility index (Phi) is 4.10. The summed E-state index contributed by atoms with van der Waals surface area (Å²) in [6.07, 6.45) is 0.948. The fourth-order valence-corrected chi connectivity index (χ4v) is 0.715. The standard InChI is InChI=1S/C6H11N3O.ClH/c1-4(7)6(10)5-2-3-8-9-5;/h2-4,6,10H,7H2,1H3,(H,8,9);1H/t4-,6?;/m0./s1. The zero-order valence-electron chi connectivity index (χ0n) is 6.19. The van der Waals surface area contributed by atoms with Crippen LogP contribution in [0.1, 0.15) is 18.7 Å². The van der Waals surface area contributed by atoms with E-state index < -0.39 is 6.10 Å². The molecule has 0 radical (unpaired) electrons. The third-order valence-corrected chi connectivity index (χ3v) is 1.34. The van der Waals surface area contributed by atoms with Gasteiger partial charge in [-0.15, -0.1) is 12.4 Å². The highest BCUT2D eigenvalue weighted by Crippen LogP contribution is 2.10. The van der Waals surface area contributed by atoms with E-state index in [1.807, 2.05) is 0 Å². The average molecular weight is 178 g/mol. The van der Waals surface area contributed by atoms with Crippen LogP contribution in [-0.4, -0.2) is 21.3 Å². The SMILES string of the molecule is C[C@H](N)C(O)c1ccn[nH]1.Cl. The van der Waals surface area contributed by atoms with Crippen LogP contribution in [0.4, 0.5) is 0 Å². The quantitative estimate of drug-likeness (QED) is 0.605. The molecule has 11 heavy (non-hydrogen) atoms. The van der Waals surface area contributed by atoms with Crippen LogP contribution in [-0.2, 0) is 0 Å². The Labute approximate surface area is 71.2 Å². The molecule has 2 atom stereocenters. The molecule has 0 bridgehead atoms. The van der Waals surface area contributed by atoms with E-state index in [1.54, 1.807) is 19.2 Å². The van der Waals surface area contributed by atoms with Gasteiger partial charge in [-0.1, -0.05) is 0 Å². The van der Waals surface area contributed by atoms with Crippen molar-refractivity contribution in [3.63, 3.8) is 0 Å². The molecular formula is C6H12ClN3O. The van der Waals surface area contributed by atoms with Gasteiger partial charge in [-0.05, 0) is 13.0 Å². The molecule has 1 rings (SSSR count). The van der Waals surface area contributed by atoms with Gasteiger partial charge >= 0.3 is 0 Å². The Morgan fingerprint density at radius 3 is 2.73 bits per heavy atom. The molecule has 1 aromatic rings. The third-order valence-electron chi connectivity index (χ3n) is 1.34. The Bertz CT molecular complexity index is 188. The Morgan fingerprint density at radius 1 is 1.73 bits per heavy atom. The largest absolute Gasteiger partial charge is 0.385 e. The molecule has 0 aliphatic rings. The first-order valence-electron chi connectivity index (χ1n) is 3.14. The summed E-state index contributed by atoms with van der Waals surface area (Å²) < 4.78 is 0. The van der Waals surface area contributed by atoms with Gasteiger partial charge < -0.3 is 10.8 Å². The van der Waals surface area contributed by atoms with E-state index in [-0.39, 0.29) is 18.4 Å². The lowest BCUT2D eigenvalue weighted by atomic mass is 10.1. The number of aromatic amines is 1. The van der Waals surface area contributed by atoms with Crippen LogP contribution in [0.15, 0.2) is 12.3 Å². The minimum atomic E-state index is -0.637. The summed E-state index contributed by atoms with van der Waals surface area (Å²) in [5.74, 6) is 0. The lowest BCUT2D eigenvalue weighted by molar-refractivity contribution is 0.148. The predicted molar refractivity (Wildman–Crippen MR) is 44.4 cm³/mol. The van der Waals surface area contributed by atoms with Crippen LogP contribution < -0.4 is 5.73 Å². The summed E-state index contributed by atoms with van der Waals surface area (Å²) in [5.41, 5.74) is 6.09. The van der Waals surface area contributed by atoms with E-state index in [9.17, 15) is 5.11 Å². The molecule has 5 heteroatoms. The molecule has 0 spiro atoms. The van der Waals surface area contributed by atoms with Gasteiger partial charge in [0.2, 0.25) is 0 Å². The average Bonchev–Trinajstić information content (AvgIpc) is 2.36. The number of aromatic nitrogens is 2. The van der Waals surface area contributed by atoms with Crippen LogP contribution in [0, 0.1) is 0 Å². The number of hydrogen-bond acceptors (Lipinski definition) is 3. The number of hydrogen-bond donors (Lipinski definition) is 3. The first-order chi connectivity index (χ1) is 4.72. The van der Waals surface area contributed by atoms with Gasteiger partial charge in [-0.2, -0.15) is 5.10 Å². The third kappa shape index (κ3) is 2.49. The van der Waals surface area contributed by atoms with Gasteiger partial charge in [0, 0.05) is 12.2 Å². The van der Waals surface area contributed by atoms with Gasteiger partial charge in [0.15, 0.2) is 0 Å². The summed E-state index contributed by atoms with van der Waals surface area (Å²) in [5, 5.41) is 15.6. The Balaban J connectivity index is 0.000001000. The topological polar surface area (TPSA) is 74.9 Å². The number of aliphatic hydroxyl groups is 1. The van der Waals surface area contributed by atoms with Crippen LogP contribution in [0.3, 0.4) is 0 Å². The van der Waals surface area contributed by atoms with Gasteiger partial charge in [-0.3, -0.25) is 5.10 Å². The van der Waals surface area contributed by atoms with Crippen molar-refractivity contribution in [2.45, 2.75) is 19.1 Å². The van der Waals surface area contributed by atoms with Crippen molar-refractivity contribution in [1.29, 1.82) is 0 Å². The summed E-state index contributed by atoms with van der Waals surface area (Å²) in [4.78, 5) is 0. The number of nitrogens with one attached hydrogen (secondary N) is 1. The maximum Gasteiger partial charge on any atom is 0.110 e. The molecular weight excluding hydrogens is 166 g/mol. The van der Waals surface area contributed by atoms with Gasteiger partial charge in [0.05, 0.1) is 5.69 Å². The minimum absolute atomic E-state index is 0. The van der Waals surface area contributed by atoms with Crippen molar-refractivity contribution < 1.29 is 5.11 Å². The van der Waals surface area contributed by atoms with Gasteiger partial charge in [0.25, 0.3) is 0 Å². The minimum Gasteiger partial charge on any atom is -0.385 e. The molecule has 1 unspecified atom stereocenters. The molecule has 0 aliphatic carbocycles. The van der Waals surface area contributed by atoms with Crippen molar-refractivity contribution in [1.82, 2.24) is 10.2 Å². The Morgan fingerprint density at radius 2 is 2.36 bits per heavy atom. The zero-order chi connectivity index (χ0) is 7.56. The molecule has 0 fully saturated rings. The highest BCUT2D eigenvalue weighted by molar-refractivity contribution is 5.85. The number of aliphatic hydroxyl groups excluding tert-OH is 1. The van der Waals surface area contributed by atoms with E-state index in [2.05, 4.69) is 10.2 Å². The van der Waals surface area contributed by atoms with Crippen molar-refractivity contribution in [2.75, 3.05) is 0 Å². The highest BCUT2D eigenvalue weighted by Gasteiger charge is 2.12. The summed E-state index contributed by atoms with van der Waals surface area (Å²) in [6.45, 7) is 1.74. The van der Waals surface area contributed by atoms with Crippen LogP contribution in [0.2, 0.25) is 0 Å². The van der Waals surface area contributed by atoms with Crippen molar-refractivity contribution in [2.24, 2.45) is 5.73 Å². The van der Waals surface area contributed by atoms with Gasteiger partial charge in [-0.25, -0.2) is 0 Å². The second-order valence-corrected chi connectivity index (χ2v) is 2.32. The molecule has 4 nitrogen and oxygen atoms in total. The maximum atomic E-state index is 9.29. The van der Waals surface area contributed by atoms with Crippen LogP contribution in [0.5, 0.6) is 0 Å². The van der Waals surface area contributed by atoms with Crippen LogP contribution >= 0.6 is 12.4 Å². The fraction of sp³-hybridized carbons (Fsp3) is 0.500. The van der Waals surface area contributed by atoms with Gasteiger partial charge in [0.1, 0.15) is 6.10 Å². The summed E-state index contributed by atoms with van der Waals surface area (Å²) in [6, 6.07) is 1.44. The van der Waals surface area contributed by atoms with E-state index in [4.69, 9.17) is 5.73 Å². The summed E-state index contributed by atoms with van der Waals surface area (Å²) in [7, 11) is 0. The van der Waals surface area contributed by atoms with E-state index in [0.717, 1.165) is 0 Å². The molecule has 0 saturated carbocycles. The van der Waals surface area contributed by atoms with E-state index in [0.29, 0.717) is 5.69 Å². The normalized spacial score (nSPS) is 15.2. The van der Waals surface area contributed by atoms with E-state index in [1.165, 1.54) is 0 Å². The smallest absolute Gasteiger partial charge is 0.110 e. The molecule has 0 amide bonds. The number of H-pyrrole nitrogens is 1. The molecule has 1 aromatic heterocycles. The molecule has 4 N–H and O–H groups in total. The predicted octanol–water partition coefficient (Wildman–Crippen LogP) is 0.212. The number of halogens is 1. The Hall–Kier alpha value is -0.580. The molecule has 0 aromatic carbocycles. The van der Waals surface area contributed by atoms with Crippen molar-refractivity contribution >= 4 is 12.4 Å². The molecule has 0 saturated heterocycles. The zero-order valence-corrected chi connectivity index (χ0v) is 7.01. The number of nitrogens with zero attached hydrogens (tertiary/aromatic N) is 1. The first-order valence-corrected chi connectivity index (χ1v) is 3.14. The number of nitrogens with two attached hydrogens (primary N) is 1. The monoisotopic (exact) mass is 177 g/mol. The molecule has 0 aliphatic heterocycles. The van der Waals surface area contributed by atoms with Crippen molar-refractivity contribution in [3.8, 4) is 0 Å². The molecule has 1 heterocycles. The summed E-state index contributed by atoms with van der Waals surface area (Å²) >= 11 is 0. The highest BCUT2D eigenvalue weighted by atomic mass is 35.5. The molecule has 64 valence electrons. The maximum absolute atomic E-state index is 9.29. The second-order valence-electron chi connectivity index (χ2n) is 2.32. The van der Waals surface area contributed by atoms with Crippen LogP contribution in [0.25, 0.3) is 0 Å². The van der Waals surface area contributed by atoms with E-state index >= 15 is 0 Å². The van der Waals surface area contributed by atoms with Crippen molar-refractivity contribution in [3.05, 3.63) is 18.0 Å². The second kappa shape index (κ2) is 4.33.